The first-order chi connectivity index (χ1) is 23.2. The molecular weight excluding hydrogens is 581 g/mol. The molecule has 0 aliphatic carbocycles. The van der Waals surface area contributed by atoms with Gasteiger partial charge in [-0.05, 0) is 71.4 Å². The molecule has 2 nitrogen and oxygen atoms in total. The van der Waals surface area contributed by atoms with Crippen LogP contribution in [0.25, 0.3) is 12.2 Å². The van der Waals surface area contributed by atoms with Crippen molar-refractivity contribution in [3.8, 4) is 0 Å². The number of likely N-dealkylation sites (N-methyl/N-ethyl adjacent to an activating group) is 1. The van der Waals surface area contributed by atoms with Crippen LogP contribution in [0.3, 0.4) is 0 Å². The first-order valence-corrected chi connectivity index (χ1v) is 16.8. The van der Waals surface area contributed by atoms with Gasteiger partial charge in [0, 0.05) is 34.8 Å². The van der Waals surface area contributed by atoms with Gasteiger partial charge in [0.25, 0.3) is 0 Å². The van der Waals surface area contributed by atoms with Gasteiger partial charge in [-0.15, -0.1) is 0 Å². The van der Waals surface area contributed by atoms with Crippen molar-refractivity contribution in [3.63, 3.8) is 0 Å². The van der Waals surface area contributed by atoms with Gasteiger partial charge in [-0.1, -0.05) is 160 Å². The molecule has 2 N–H and O–H groups in total. The lowest BCUT2D eigenvalue weighted by atomic mass is 9.71. The maximum absolute atomic E-state index is 4.59. The SMILES string of the molecule is C=Cc1ccc(CC(C)(C(=C)/C=C/C=C/C=C/C=C2/N(C)c3ccccc3C2(C)Cc2ccc(C=C)cc2)c2ccccc2[NH2+]C)cc1. The monoisotopic (exact) mass is 629 g/mol. The third-order valence-electron chi connectivity index (χ3n) is 9.90. The zero-order valence-corrected chi connectivity index (χ0v) is 29.0. The van der Waals surface area contributed by atoms with Crippen LogP contribution in [0.4, 0.5) is 11.4 Å². The van der Waals surface area contributed by atoms with Gasteiger partial charge in [-0.3, -0.25) is 0 Å². The van der Waals surface area contributed by atoms with E-state index in [1.807, 2.05) is 12.2 Å². The van der Waals surface area contributed by atoms with Gasteiger partial charge in [-0.25, -0.2) is 0 Å². The Balaban J connectivity index is 1.35. The maximum Gasteiger partial charge on any atom is 0.133 e. The molecule has 2 atom stereocenters. The van der Waals surface area contributed by atoms with Crippen molar-refractivity contribution in [2.24, 2.45) is 0 Å². The van der Waals surface area contributed by atoms with Gasteiger partial charge >= 0.3 is 0 Å². The number of para-hydroxylation sites is 2. The fourth-order valence-electron chi connectivity index (χ4n) is 7.04. The maximum atomic E-state index is 4.59. The molecule has 1 aliphatic rings. The lowest BCUT2D eigenvalue weighted by molar-refractivity contribution is -0.540. The summed E-state index contributed by atoms with van der Waals surface area (Å²) in [6.45, 7) is 17.1. The number of fused-ring (bicyclic) bond motifs is 1. The quantitative estimate of drug-likeness (QED) is 0.115. The lowest BCUT2D eigenvalue weighted by Gasteiger charge is -2.32. The summed E-state index contributed by atoms with van der Waals surface area (Å²) in [5, 5.41) is 2.19. The van der Waals surface area contributed by atoms with Crippen LogP contribution in [0.1, 0.15) is 47.2 Å². The van der Waals surface area contributed by atoms with Crippen LogP contribution in [0.5, 0.6) is 0 Å². The zero-order chi connectivity index (χ0) is 34.1. The summed E-state index contributed by atoms with van der Waals surface area (Å²) >= 11 is 0. The molecule has 4 aromatic rings. The number of nitrogens with two attached hydrogens (primary N) is 1. The molecular formula is C46H49N2+. The van der Waals surface area contributed by atoms with Crippen LogP contribution in [-0.2, 0) is 23.7 Å². The molecule has 2 unspecified atom stereocenters. The van der Waals surface area contributed by atoms with Crippen molar-refractivity contribution in [2.45, 2.75) is 37.5 Å². The summed E-state index contributed by atoms with van der Waals surface area (Å²) in [6.07, 6.45) is 20.5. The summed E-state index contributed by atoms with van der Waals surface area (Å²) in [4.78, 5) is 2.34. The van der Waals surface area contributed by atoms with E-state index >= 15 is 0 Å². The third-order valence-corrected chi connectivity index (χ3v) is 9.90. The number of quaternary nitrogens is 1. The van der Waals surface area contributed by atoms with E-state index in [0.717, 1.165) is 29.5 Å². The molecule has 1 aliphatic heterocycles. The topological polar surface area (TPSA) is 19.9 Å². The van der Waals surface area contributed by atoms with Gasteiger partial charge in [0.15, 0.2) is 0 Å². The third kappa shape index (κ3) is 7.20. The second kappa shape index (κ2) is 15.2. The molecule has 0 fully saturated rings. The first kappa shape index (κ1) is 34.2. The molecule has 0 radical (unpaired) electrons. The molecule has 0 spiro atoms. The van der Waals surface area contributed by atoms with E-state index in [9.17, 15) is 0 Å². The molecule has 2 heteroatoms. The minimum Gasteiger partial charge on any atom is -0.347 e. The van der Waals surface area contributed by atoms with E-state index < -0.39 is 0 Å². The number of benzene rings is 4. The standard InChI is InChI=1S/C46H48N2/c1-8-36-25-29-38(30-26-36)33-45(4,40-20-15-17-22-42(40)47-6)35(3)19-13-11-10-12-14-24-44-46(5,34-39-31-27-37(9-2)28-32-39)41-21-16-18-23-43(41)48(44)7/h8-32,47H,1-3,33-34H2,4-7H3/p+1/b11-10+,14-12+,19-13+,44-24+. The van der Waals surface area contributed by atoms with Crippen LogP contribution in [0.15, 0.2) is 171 Å². The highest BCUT2D eigenvalue weighted by Crippen LogP contribution is 2.49. The van der Waals surface area contributed by atoms with Gasteiger partial charge in [0.1, 0.15) is 5.69 Å². The van der Waals surface area contributed by atoms with Crippen LogP contribution in [0.2, 0.25) is 0 Å². The summed E-state index contributed by atoms with van der Waals surface area (Å²) in [7, 11) is 4.28. The molecule has 0 amide bonds. The highest BCUT2D eigenvalue weighted by Gasteiger charge is 2.41. The number of anilines is 1. The minimum atomic E-state index is -0.276. The van der Waals surface area contributed by atoms with E-state index in [4.69, 9.17) is 0 Å². The van der Waals surface area contributed by atoms with Gasteiger partial charge in [0.2, 0.25) is 0 Å². The van der Waals surface area contributed by atoms with Crippen molar-refractivity contribution in [3.05, 3.63) is 204 Å². The van der Waals surface area contributed by atoms with E-state index in [0.29, 0.717) is 0 Å². The second-order valence-electron chi connectivity index (χ2n) is 13.1. The molecule has 48 heavy (non-hydrogen) atoms. The predicted octanol–water partition coefficient (Wildman–Crippen LogP) is 10.1. The van der Waals surface area contributed by atoms with Gasteiger partial charge in [0.05, 0.1) is 7.05 Å². The second-order valence-corrected chi connectivity index (χ2v) is 13.1. The van der Waals surface area contributed by atoms with Crippen molar-refractivity contribution < 1.29 is 5.32 Å². The lowest BCUT2D eigenvalue weighted by Crippen LogP contribution is -2.73. The summed E-state index contributed by atoms with van der Waals surface area (Å²) in [5.74, 6) is 0. The average Bonchev–Trinajstić information content (AvgIpc) is 3.33. The average molecular weight is 630 g/mol. The Morgan fingerprint density at radius 2 is 1.35 bits per heavy atom. The number of hydrogen-bond donors (Lipinski definition) is 1. The normalized spacial score (nSPS) is 18.1. The van der Waals surface area contributed by atoms with Crippen molar-refractivity contribution in [1.82, 2.24) is 0 Å². The van der Waals surface area contributed by atoms with Gasteiger partial charge < -0.3 is 10.2 Å². The molecule has 0 saturated carbocycles. The minimum absolute atomic E-state index is 0.143. The van der Waals surface area contributed by atoms with Crippen molar-refractivity contribution in [1.29, 1.82) is 0 Å². The summed E-state index contributed by atoms with van der Waals surface area (Å²) in [5.41, 5.74) is 11.9. The Morgan fingerprint density at radius 1 is 0.771 bits per heavy atom. The number of allylic oxidation sites excluding steroid dienone is 9. The summed E-state index contributed by atoms with van der Waals surface area (Å²) in [6, 6.07) is 34.8. The van der Waals surface area contributed by atoms with Crippen molar-refractivity contribution >= 4 is 23.5 Å². The highest BCUT2D eigenvalue weighted by molar-refractivity contribution is 5.71. The zero-order valence-electron chi connectivity index (χ0n) is 29.0. The first-order valence-electron chi connectivity index (χ1n) is 16.8. The van der Waals surface area contributed by atoms with Crippen LogP contribution in [-0.4, -0.2) is 14.1 Å². The Labute approximate surface area is 288 Å². The van der Waals surface area contributed by atoms with E-state index in [2.05, 4.69) is 197 Å². The largest absolute Gasteiger partial charge is 0.347 e. The predicted molar refractivity (Wildman–Crippen MR) is 209 cm³/mol. The highest BCUT2D eigenvalue weighted by atomic mass is 15.2. The number of hydrogen-bond acceptors (Lipinski definition) is 1. The Morgan fingerprint density at radius 3 is 2.02 bits per heavy atom. The molecule has 0 saturated heterocycles. The van der Waals surface area contributed by atoms with E-state index in [1.165, 1.54) is 39.3 Å². The molecule has 242 valence electrons. The van der Waals surface area contributed by atoms with E-state index in [1.54, 1.807) is 0 Å². The Hall–Kier alpha value is -5.18. The molecule has 0 aromatic heterocycles. The number of rotatable bonds is 13. The molecule has 5 rings (SSSR count). The number of nitrogens with zero attached hydrogens (tertiary/aromatic N) is 1. The fraction of sp³-hybridized carbons (Fsp3) is 0.174. The van der Waals surface area contributed by atoms with Crippen molar-refractivity contribution in [2.75, 3.05) is 19.0 Å². The van der Waals surface area contributed by atoms with Crippen LogP contribution in [0, 0.1) is 0 Å². The van der Waals surface area contributed by atoms with E-state index in [-0.39, 0.29) is 10.8 Å². The molecule has 1 heterocycles. The Bertz CT molecular complexity index is 1880. The summed E-state index contributed by atoms with van der Waals surface area (Å²) < 4.78 is 0. The molecule has 0 bridgehead atoms. The Kier molecular flexibility index (Phi) is 10.8. The van der Waals surface area contributed by atoms with Gasteiger partial charge in [-0.2, -0.15) is 0 Å². The van der Waals surface area contributed by atoms with Crippen LogP contribution >= 0.6 is 0 Å². The molecule has 4 aromatic carbocycles. The van der Waals surface area contributed by atoms with Crippen LogP contribution < -0.4 is 10.2 Å². The fourth-order valence-corrected chi connectivity index (χ4v) is 7.04. The smallest absolute Gasteiger partial charge is 0.133 e.